The van der Waals surface area contributed by atoms with Crippen molar-refractivity contribution in [3.63, 3.8) is 0 Å². The number of hydrogen-bond donors (Lipinski definition) is 6. The third-order valence-electron chi connectivity index (χ3n) is 2.87. The third-order valence-corrected chi connectivity index (χ3v) is 3.24. The molecule has 130 valence electrons. The molecule has 0 heterocycles. The number of carbonyl (C=O) groups is 4. The monoisotopic (exact) mass is 347 g/mol. The summed E-state index contributed by atoms with van der Waals surface area (Å²) in [4.78, 5) is 44.9. The van der Waals surface area contributed by atoms with Crippen molar-refractivity contribution >= 4 is 36.4 Å². The zero-order valence-corrected chi connectivity index (χ0v) is 13.3. The molecule has 0 aromatic heterocycles. The Morgan fingerprint density at radius 3 is 2.22 bits per heavy atom. The number of amides is 2. The predicted octanol–water partition coefficient (Wildman–Crippen LogP) is -1.26. The minimum Gasteiger partial charge on any atom is -0.480 e. The van der Waals surface area contributed by atoms with Crippen LogP contribution in [-0.4, -0.2) is 57.8 Å². The Hall–Kier alpha value is -2.07. The van der Waals surface area contributed by atoms with Gasteiger partial charge in [0.25, 0.3) is 0 Å². The molecule has 0 bridgehead atoms. The highest BCUT2D eigenvalue weighted by molar-refractivity contribution is 7.80. The molecule has 3 atom stereocenters. The van der Waals surface area contributed by atoms with E-state index in [-0.39, 0.29) is 25.0 Å². The SMILES string of the molecule is C=CC(NC(=O)C(CS)NC(=O)CCCC(N)C(=O)O)C(=O)O. The first-order chi connectivity index (χ1) is 10.7. The molecule has 6 N–H and O–H groups in total. The summed E-state index contributed by atoms with van der Waals surface area (Å²) < 4.78 is 0. The van der Waals surface area contributed by atoms with Crippen molar-refractivity contribution in [1.29, 1.82) is 0 Å². The molecule has 2 amide bonds. The zero-order valence-electron chi connectivity index (χ0n) is 12.4. The third kappa shape index (κ3) is 8.21. The quantitative estimate of drug-likeness (QED) is 0.201. The Morgan fingerprint density at radius 2 is 1.78 bits per heavy atom. The lowest BCUT2D eigenvalue weighted by Gasteiger charge is -2.18. The van der Waals surface area contributed by atoms with Gasteiger partial charge in [-0.05, 0) is 12.8 Å². The average molecular weight is 347 g/mol. The highest BCUT2D eigenvalue weighted by Crippen LogP contribution is 2.01. The van der Waals surface area contributed by atoms with E-state index in [0.717, 1.165) is 6.08 Å². The molecule has 0 aliphatic carbocycles. The van der Waals surface area contributed by atoms with Crippen LogP contribution in [0.5, 0.6) is 0 Å². The fourth-order valence-electron chi connectivity index (χ4n) is 1.54. The van der Waals surface area contributed by atoms with E-state index < -0.39 is 41.9 Å². The summed E-state index contributed by atoms with van der Waals surface area (Å²) in [6.45, 7) is 3.29. The molecule has 0 aromatic rings. The number of nitrogens with two attached hydrogens (primary N) is 1. The standard InChI is InChI=1S/C13H21N3O6S/c1-2-8(13(21)22)16-11(18)9(6-23)15-10(17)5-3-4-7(14)12(19)20/h2,7-9,23H,1,3-6,14H2,(H,15,17)(H,16,18)(H,19,20)(H,21,22). The summed E-state index contributed by atoms with van der Waals surface area (Å²) in [6, 6.07) is -3.33. The van der Waals surface area contributed by atoms with Gasteiger partial charge in [-0.25, -0.2) is 4.79 Å². The highest BCUT2D eigenvalue weighted by atomic mass is 32.1. The summed E-state index contributed by atoms with van der Waals surface area (Å²) in [5, 5.41) is 22.0. The first kappa shape index (κ1) is 20.9. The zero-order chi connectivity index (χ0) is 18.0. The summed E-state index contributed by atoms with van der Waals surface area (Å²) >= 11 is 3.94. The number of nitrogens with one attached hydrogen (secondary N) is 2. The number of rotatable bonds is 11. The van der Waals surface area contributed by atoms with Gasteiger partial charge in [0.2, 0.25) is 11.8 Å². The molecule has 0 aliphatic heterocycles. The van der Waals surface area contributed by atoms with Crippen LogP contribution in [0.3, 0.4) is 0 Å². The number of carbonyl (C=O) groups excluding carboxylic acids is 2. The molecule has 0 fully saturated rings. The maximum Gasteiger partial charge on any atom is 0.330 e. The van der Waals surface area contributed by atoms with E-state index in [1.54, 1.807) is 0 Å². The Balaban J connectivity index is 4.38. The van der Waals surface area contributed by atoms with Crippen molar-refractivity contribution in [2.75, 3.05) is 5.75 Å². The molecule has 10 heteroatoms. The van der Waals surface area contributed by atoms with Gasteiger partial charge >= 0.3 is 11.9 Å². The van der Waals surface area contributed by atoms with E-state index in [0.29, 0.717) is 0 Å². The molecule has 0 saturated heterocycles. The largest absolute Gasteiger partial charge is 0.480 e. The summed E-state index contributed by atoms with van der Waals surface area (Å²) in [6.07, 6.45) is 1.40. The lowest BCUT2D eigenvalue weighted by atomic mass is 10.1. The minimum atomic E-state index is -1.28. The van der Waals surface area contributed by atoms with Crippen molar-refractivity contribution in [2.45, 2.75) is 37.4 Å². The number of carboxylic acid groups (broad SMARTS) is 2. The van der Waals surface area contributed by atoms with Gasteiger partial charge in [0.15, 0.2) is 0 Å². The Morgan fingerprint density at radius 1 is 1.17 bits per heavy atom. The average Bonchev–Trinajstić information content (AvgIpc) is 2.49. The smallest absolute Gasteiger partial charge is 0.330 e. The van der Waals surface area contributed by atoms with Gasteiger partial charge in [0.1, 0.15) is 18.1 Å². The van der Waals surface area contributed by atoms with Crippen LogP contribution in [0.1, 0.15) is 19.3 Å². The van der Waals surface area contributed by atoms with Crippen LogP contribution >= 0.6 is 12.6 Å². The van der Waals surface area contributed by atoms with Gasteiger partial charge in [0.05, 0.1) is 0 Å². The number of aliphatic carboxylic acids is 2. The fraction of sp³-hybridized carbons (Fsp3) is 0.538. The van der Waals surface area contributed by atoms with Crippen LogP contribution in [-0.2, 0) is 19.2 Å². The van der Waals surface area contributed by atoms with Crippen molar-refractivity contribution in [3.05, 3.63) is 12.7 Å². The van der Waals surface area contributed by atoms with Gasteiger partial charge in [-0.2, -0.15) is 12.6 Å². The van der Waals surface area contributed by atoms with Gasteiger partial charge in [-0.15, -0.1) is 6.58 Å². The molecule has 9 nitrogen and oxygen atoms in total. The Labute approximate surface area is 138 Å². The van der Waals surface area contributed by atoms with Gasteiger partial charge in [-0.3, -0.25) is 14.4 Å². The van der Waals surface area contributed by atoms with E-state index in [1.165, 1.54) is 0 Å². The van der Waals surface area contributed by atoms with Crippen molar-refractivity contribution in [3.8, 4) is 0 Å². The van der Waals surface area contributed by atoms with E-state index in [1.807, 2.05) is 0 Å². The molecule has 0 aliphatic rings. The normalized spacial score (nSPS) is 14.2. The second kappa shape index (κ2) is 10.6. The minimum absolute atomic E-state index is 0.0116. The van der Waals surface area contributed by atoms with E-state index >= 15 is 0 Å². The predicted molar refractivity (Wildman–Crippen MR) is 85.0 cm³/mol. The molecule has 0 aromatic carbocycles. The van der Waals surface area contributed by atoms with Crippen molar-refractivity contribution < 1.29 is 29.4 Å². The summed E-state index contributed by atoms with van der Waals surface area (Å²) in [7, 11) is 0. The van der Waals surface area contributed by atoms with E-state index in [4.69, 9.17) is 15.9 Å². The molecule has 23 heavy (non-hydrogen) atoms. The highest BCUT2D eigenvalue weighted by Gasteiger charge is 2.24. The first-order valence-electron chi connectivity index (χ1n) is 6.77. The fourth-order valence-corrected chi connectivity index (χ4v) is 1.80. The second-order valence-electron chi connectivity index (χ2n) is 4.70. The van der Waals surface area contributed by atoms with Crippen LogP contribution in [0.2, 0.25) is 0 Å². The van der Waals surface area contributed by atoms with Gasteiger partial charge in [-0.1, -0.05) is 6.08 Å². The first-order valence-corrected chi connectivity index (χ1v) is 7.40. The number of carboxylic acids is 2. The second-order valence-corrected chi connectivity index (χ2v) is 5.06. The van der Waals surface area contributed by atoms with Crippen molar-refractivity contribution in [1.82, 2.24) is 10.6 Å². The molecule has 0 spiro atoms. The molecule has 0 rings (SSSR count). The van der Waals surface area contributed by atoms with Crippen LogP contribution in [0.4, 0.5) is 0 Å². The van der Waals surface area contributed by atoms with Gasteiger partial charge < -0.3 is 26.6 Å². The maximum atomic E-state index is 11.9. The van der Waals surface area contributed by atoms with Crippen LogP contribution in [0.15, 0.2) is 12.7 Å². The maximum absolute atomic E-state index is 11.9. The molecular weight excluding hydrogens is 326 g/mol. The Kier molecular flexibility index (Phi) is 9.67. The van der Waals surface area contributed by atoms with Crippen LogP contribution in [0, 0.1) is 0 Å². The van der Waals surface area contributed by atoms with E-state index in [9.17, 15) is 19.2 Å². The lowest BCUT2D eigenvalue weighted by Crippen LogP contribution is -2.51. The molecule has 3 unspecified atom stereocenters. The topological polar surface area (TPSA) is 159 Å². The molecule has 0 radical (unpaired) electrons. The lowest BCUT2D eigenvalue weighted by molar-refractivity contribution is -0.141. The number of hydrogen-bond acceptors (Lipinski definition) is 6. The Bertz CT molecular complexity index is 471. The van der Waals surface area contributed by atoms with Crippen LogP contribution in [0.25, 0.3) is 0 Å². The number of thiol groups is 1. The summed E-state index contributed by atoms with van der Waals surface area (Å²) in [5.74, 6) is -3.65. The summed E-state index contributed by atoms with van der Waals surface area (Å²) in [5.41, 5.74) is 5.30. The molecular formula is C13H21N3O6S. The van der Waals surface area contributed by atoms with Crippen LogP contribution < -0.4 is 16.4 Å². The van der Waals surface area contributed by atoms with Crippen molar-refractivity contribution in [2.24, 2.45) is 5.73 Å². The van der Waals surface area contributed by atoms with E-state index in [2.05, 4.69) is 29.8 Å². The molecule has 0 saturated carbocycles. The van der Waals surface area contributed by atoms with Gasteiger partial charge in [0, 0.05) is 12.2 Å².